The van der Waals surface area contributed by atoms with Crippen molar-refractivity contribution in [2.45, 2.75) is 39.0 Å². The minimum atomic E-state index is 0.216. The van der Waals surface area contributed by atoms with E-state index in [-0.39, 0.29) is 11.8 Å². The van der Waals surface area contributed by atoms with Gasteiger partial charge in [-0.15, -0.1) is 11.3 Å². The molecule has 116 valence electrons. The van der Waals surface area contributed by atoms with Crippen molar-refractivity contribution in [3.63, 3.8) is 0 Å². The maximum absolute atomic E-state index is 12.3. The maximum Gasteiger partial charge on any atom is 0.222 e. The predicted octanol–water partition coefficient (Wildman–Crippen LogP) is 2.54. The van der Waals surface area contributed by atoms with Gasteiger partial charge in [0.15, 0.2) is 0 Å². The standard InChI is InChI=1S/C16H24N2O2S/c1-2-5-15(19)17-9-4-10-18(12-11-17)16(20)8-7-14-6-3-13-21-14/h3,6,13H,2,4-5,7-12H2,1H3. The van der Waals surface area contributed by atoms with E-state index in [0.29, 0.717) is 25.9 Å². The van der Waals surface area contributed by atoms with E-state index in [1.807, 2.05) is 28.2 Å². The number of hydrogen-bond donors (Lipinski definition) is 0. The van der Waals surface area contributed by atoms with Crippen molar-refractivity contribution in [1.29, 1.82) is 0 Å². The molecule has 1 aliphatic rings. The van der Waals surface area contributed by atoms with Crippen LogP contribution in [0.25, 0.3) is 0 Å². The van der Waals surface area contributed by atoms with E-state index < -0.39 is 0 Å². The van der Waals surface area contributed by atoms with Crippen molar-refractivity contribution in [3.05, 3.63) is 22.4 Å². The quantitative estimate of drug-likeness (QED) is 0.839. The first-order valence-corrected chi connectivity index (χ1v) is 8.66. The lowest BCUT2D eigenvalue weighted by molar-refractivity contribution is -0.133. The lowest BCUT2D eigenvalue weighted by Crippen LogP contribution is -2.37. The van der Waals surface area contributed by atoms with Gasteiger partial charge < -0.3 is 9.80 Å². The maximum atomic E-state index is 12.3. The summed E-state index contributed by atoms with van der Waals surface area (Å²) in [6, 6.07) is 4.10. The Hall–Kier alpha value is -1.36. The molecule has 0 spiro atoms. The molecule has 0 bridgehead atoms. The van der Waals surface area contributed by atoms with Crippen LogP contribution in [-0.4, -0.2) is 47.8 Å². The molecule has 0 aliphatic carbocycles. The number of aryl methyl sites for hydroxylation is 1. The van der Waals surface area contributed by atoms with Crippen molar-refractivity contribution in [3.8, 4) is 0 Å². The molecule has 1 aromatic heterocycles. The molecule has 2 heterocycles. The summed E-state index contributed by atoms with van der Waals surface area (Å²) in [4.78, 5) is 29.3. The Labute approximate surface area is 130 Å². The Kier molecular flexibility index (Phi) is 6.23. The summed E-state index contributed by atoms with van der Waals surface area (Å²) in [7, 11) is 0. The van der Waals surface area contributed by atoms with Gasteiger partial charge in [-0.05, 0) is 30.7 Å². The van der Waals surface area contributed by atoms with Crippen LogP contribution in [0.15, 0.2) is 17.5 Å². The van der Waals surface area contributed by atoms with E-state index >= 15 is 0 Å². The molecule has 1 aliphatic heterocycles. The first-order chi connectivity index (χ1) is 10.2. The number of rotatable bonds is 5. The van der Waals surface area contributed by atoms with E-state index in [4.69, 9.17) is 0 Å². The van der Waals surface area contributed by atoms with Crippen LogP contribution < -0.4 is 0 Å². The lowest BCUT2D eigenvalue weighted by atomic mass is 10.2. The van der Waals surface area contributed by atoms with Crippen molar-refractivity contribution in [1.82, 2.24) is 9.80 Å². The topological polar surface area (TPSA) is 40.6 Å². The van der Waals surface area contributed by atoms with E-state index in [1.54, 1.807) is 11.3 Å². The lowest BCUT2D eigenvalue weighted by Gasteiger charge is -2.22. The average Bonchev–Trinajstić information content (AvgIpc) is 2.87. The summed E-state index contributed by atoms with van der Waals surface area (Å²) in [5, 5.41) is 2.04. The van der Waals surface area contributed by atoms with Gasteiger partial charge in [0.25, 0.3) is 0 Å². The van der Waals surface area contributed by atoms with E-state index in [2.05, 4.69) is 6.07 Å². The van der Waals surface area contributed by atoms with Gasteiger partial charge in [0.1, 0.15) is 0 Å². The summed E-state index contributed by atoms with van der Waals surface area (Å²) in [5.74, 6) is 0.443. The number of carbonyl (C=O) groups is 2. The van der Waals surface area contributed by atoms with Crippen LogP contribution >= 0.6 is 11.3 Å². The Balaban J connectivity index is 1.79. The number of hydrogen-bond acceptors (Lipinski definition) is 3. The molecule has 21 heavy (non-hydrogen) atoms. The fraction of sp³-hybridized carbons (Fsp3) is 0.625. The van der Waals surface area contributed by atoms with Gasteiger partial charge in [-0.2, -0.15) is 0 Å². The molecule has 1 fully saturated rings. The highest BCUT2D eigenvalue weighted by Crippen LogP contribution is 2.13. The van der Waals surface area contributed by atoms with Crippen LogP contribution in [0.3, 0.4) is 0 Å². The Morgan fingerprint density at radius 2 is 1.76 bits per heavy atom. The molecule has 4 nitrogen and oxygen atoms in total. The number of carbonyl (C=O) groups excluding carboxylic acids is 2. The van der Waals surface area contributed by atoms with Gasteiger partial charge in [-0.25, -0.2) is 0 Å². The Morgan fingerprint density at radius 1 is 1.10 bits per heavy atom. The largest absolute Gasteiger partial charge is 0.341 e. The summed E-state index contributed by atoms with van der Waals surface area (Å²) in [6.45, 7) is 4.95. The molecule has 1 aromatic rings. The molecular weight excluding hydrogens is 284 g/mol. The predicted molar refractivity (Wildman–Crippen MR) is 85.3 cm³/mol. The number of thiophene rings is 1. The first kappa shape index (κ1) is 16.0. The van der Waals surface area contributed by atoms with Crippen molar-refractivity contribution in [2.24, 2.45) is 0 Å². The summed E-state index contributed by atoms with van der Waals surface area (Å²) in [5.41, 5.74) is 0. The molecule has 2 rings (SSSR count). The third kappa shape index (κ3) is 4.84. The number of amides is 2. The van der Waals surface area contributed by atoms with Gasteiger partial charge in [-0.3, -0.25) is 9.59 Å². The highest BCUT2D eigenvalue weighted by Gasteiger charge is 2.21. The van der Waals surface area contributed by atoms with Gasteiger partial charge >= 0.3 is 0 Å². The SMILES string of the molecule is CCCC(=O)N1CCCN(C(=O)CCc2cccs2)CC1. The minimum Gasteiger partial charge on any atom is -0.341 e. The van der Waals surface area contributed by atoms with Crippen LogP contribution in [0, 0.1) is 0 Å². The molecule has 5 heteroatoms. The molecule has 0 aromatic carbocycles. The average molecular weight is 308 g/mol. The second-order valence-electron chi connectivity index (χ2n) is 5.44. The molecule has 0 saturated carbocycles. The van der Waals surface area contributed by atoms with Crippen molar-refractivity contribution >= 4 is 23.2 Å². The van der Waals surface area contributed by atoms with Gasteiger partial charge in [0.2, 0.25) is 11.8 Å². The van der Waals surface area contributed by atoms with Crippen molar-refractivity contribution < 1.29 is 9.59 Å². The minimum absolute atomic E-state index is 0.216. The Bertz CT molecular complexity index is 459. The molecule has 0 radical (unpaired) electrons. The number of nitrogens with zero attached hydrogens (tertiary/aromatic N) is 2. The highest BCUT2D eigenvalue weighted by molar-refractivity contribution is 7.09. The Morgan fingerprint density at radius 3 is 2.33 bits per heavy atom. The van der Waals surface area contributed by atoms with Gasteiger partial charge in [0, 0.05) is 43.9 Å². The highest BCUT2D eigenvalue weighted by atomic mass is 32.1. The molecule has 2 amide bonds. The van der Waals surface area contributed by atoms with Crippen LogP contribution in [0.4, 0.5) is 0 Å². The molecular formula is C16H24N2O2S. The molecule has 0 unspecified atom stereocenters. The van der Waals surface area contributed by atoms with Gasteiger partial charge in [-0.1, -0.05) is 13.0 Å². The van der Waals surface area contributed by atoms with E-state index in [0.717, 1.165) is 32.4 Å². The normalized spacial score (nSPS) is 15.9. The summed E-state index contributed by atoms with van der Waals surface area (Å²) < 4.78 is 0. The first-order valence-electron chi connectivity index (χ1n) is 7.78. The molecule has 0 N–H and O–H groups in total. The van der Waals surface area contributed by atoms with E-state index in [1.165, 1.54) is 4.88 Å². The van der Waals surface area contributed by atoms with Crippen LogP contribution in [0.1, 0.15) is 37.5 Å². The van der Waals surface area contributed by atoms with Crippen LogP contribution in [0.2, 0.25) is 0 Å². The van der Waals surface area contributed by atoms with E-state index in [9.17, 15) is 9.59 Å². The van der Waals surface area contributed by atoms with Crippen LogP contribution in [0.5, 0.6) is 0 Å². The van der Waals surface area contributed by atoms with Gasteiger partial charge in [0.05, 0.1) is 0 Å². The monoisotopic (exact) mass is 308 g/mol. The zero-order valence-corrected chi connectivity index (χ0v) is 13.5. The van der Waals surface area contributed by atoms with Crippen LogP contribution in [-0.2, 0) is 16.0 Å². The zero-order valence-electron chi connectivity index (χ0n) is 12.7. The second-order valence-corrected chi connectivity index (χ2v) is 6.48. The smallest absolute Gasteiger partial charge is 0.222 e. The molecule has 1 saturated heterocycles. The zero-order chi connectivity index (χ0) is 15.1. The molecule has 0 atom stereocenters. The summed E-state index contributed by atoms with van der Waals surface area (Å²) in [6.07, 6.45) is 3.79. The fourth-order valence-electron chi connectivity index (χ4n) is 2.63. The fourth-order valence-corrected chi connectivity index (χ4v) is 3.34. The second kappa shape index (κ2) is 8.17. The summed E-state index contributed by atoms with van der Waals surface area (Å²) >= 11 is 1.70. The van der Waals surface area contributed by atoms with Crippen molar-refractivity contribution in [2.75, 3.05) is 26.2 Å². The third-order valence-electron chi connectivity index (χ3n) is 3.83. The third-order valence-corrected chi connectivity index (χ3v) is 4.77.